The summed E-state index contributed by atoms with van der Waals surface area (Å²) in [7, 11) is 0. The molecule has 1 aromatic rings. The number of benzene rings is 1. The summed E-state index contributed by atoms with van der Waals surface area (Å²) >= 11 is 0. The fourth-order valence-corrected chi connectivity index (χ4v) is 2.22. The Morgan fingerprint density at radius 3 is 2.90 bits per heavy atom. The predicted octanol–water partition coefficient (Wildman–Crippen LogP) is 2.22. The van der Waals surface area contributed by atoms with Crippen molar-refractivity contribution in [2.45, 2.75) is 32.9 Å². The molecular weight excluding hydrogens is 250 g/mol. The van der Waals surface area contributed by atoms with Gasteiger partial charge in [0.2, 0.25) is 0 Å². The van der Waals surface area contributed by atoms with E-state index in [0.717, 1.165) is 19.5 Å². The second kappa shape index (κ2) is 9.55. The van der Waals surface area contributed by atoms with E-state index in [2.05, 4.69) is 48.9 Å². The van der Waals surface area contributed by atoms with Crippen LogP contribution < -0.4 is 0 Å². The maximum absolute atomic E-state index is 9.97. The van der Waals surface area contributed by atoms with Crippen LogP contribution in [0.5, 0.6) is 0 Å². The van der Waals surface area contributed by atoms with Gasteiger partial charge in [-0.1, -0.05) is 42.7 Å². The SMILES string of the molecule is C#CCOCC(O)CN(CCC)Cc1cccc(C)c1. The van der Waals surface area contributed by atoms with E-state index in [0.29, 0.717) is 6.54 Å². The predicted molar refractivity (Wildman–Crippen MR) is 82.4 cm³/mol. The second-order valence-corrected chi connectivity index (χ2v) is 5.10. The molecule has 0 spiro atoms. The highest BCUT2D eigenvalue weighted by Crippen LogP contribution is 2.09. The molecule has 3 nitrogen and oxygen atoms in total. The molecule has 0 aliphatic heterocycles. The molecule has 3 heteroatoms. The van der Waals surface area contributed by atoms with Crippen LogP contribution in [0.4, 0.5) is 0 Å². The molecule has 0 fully saturated rings. The molecule has 20 heavy (non-hydrogen) atoms. The van der Waals surface area contributed by atoms with Gasteiger partial charge in [0.1, 0.15) is 6.61 Å². The Hall–Kier alpha value is -1.34. The summed E-state index contributed by atoms with van der Waals surface area (Å²) in [6.07, 6.45) is 5.67. The third-order valence-corrected chi connectivity index (χ3v) is 2.99. The molecule has 0 amide bonds. The molecule has 1 atom stereocenters. The van der Waals surface area contributed by atoms with Crippen molar-refractivity contribution in [3.05, 3.63) is 35.4 Å². The van der Waals surface area contributed by atoms with Gasteiger partial charge in [0.25, 0.3) is 0 Å². The molecule has 0 saturated heterocycles. The molecule has 0 aliphatic rings. The standard InChI is InChI=1S/C17H25NO2/c1-4-9-18(13-17(19)14-20-10-5-2)12-16-8-6-7-15(3)11-16/h2,6-8,11,17,19H,4,9-10,12-14H2,1,3H3. The van der Waals surface area contributed by atoms with Crippen LogP contribution >= 0.6 is 0 Å². The van der Waals surface area contributed by atoms with Gasteiger partial charge in [0.05, 0.1) is 12.7 Å². The minimum Gasteiger partial charge on any atom is -0.389 e. The summed E-state index contributed by atoms with van der Waals surface area (Å²) in [5.41, 5.74) is 2.53. The molecule has 1 aromatic carbocycles. The summed E-state index contributed by atoms with van der Waals surface area (Å²) in [4.78, 5) is 2.25. The van der Waals surface area contributed by atoms with Crippen LogP contribution in [0.2, 0.25) is 0 Å². The van der Waals surface area contributed by atoms with Gasteiger partial charge in [-0.15, -0.1) is 6.42 Å². The summed E-state index contributed by atoms with van der Waals surface area (Å²) in [6.45, 7) is 7.19. The largest absolute Gasteiger partial charge is 0.389 e. The van der Waals surface area contributed by atoms with Gasteiger partial charge in [-0.3, -0.25) is 4.90 Å². The molecule has 1 unspecified atom stereocenters. The fraction of sp³-hybridized carbons (Fsp3) is 0.529. The molecule has 0 aromatic heterocycles. The third-order valence-electron chi connectivity index (χ3n) is 2.99. The Morgan fingerprint density at radius 2 is 2.25 bits per heavy atom. The second-order valence-electron chi connectivity index (χ2n) is 5.10. The quantitative estimate of drug-likeness (QED) is 0.554. The van der Waals surface area contributed by atoms with Gasteiger partial charge >= 0.3 is 0 Å². The Kier molecular flexibility index (Phi) is 7.98. The highest BCUT2D eigenvalue weighted by atomic mass is 16.5. The number of aryl methyl sites for hydroxylation is 1. The molecule has 1 rings (SSSR count). The van der Waals surface area contributed by atoms with Gasteiger partial charge in [-0.2, -0.15) is 0 Å². The first-order valence-electron chi connectivity index (χ1n) is 7.12. The average Bonchev–Trinajstić information content (AvgIpc) is 2.39. The smallest absolute Gasteiger partial charge is 0.107 e. The third kappa shape index (κ3) is 6.72. The zero-order valence-electron chi connectivity index (χ0n) is 12.5. The molecule has 0 saturated carbocycles. The Bertz CT molecular complexity index is 425. The zero-order valence-corrected chi connectivity index (χ0v) is 12.5. The maximum Gasteiger partial charge on any atom is 0.107 e. The Morgan fingerprint density at radius 1 is 1.45 bits per heavy atom. The lowest BCUT2D eigenvalue weighted by molar-refractivity contribution is 0.0261. The minimum absolute atomic E-state index is 0.253. The average molecular weight is 275 g/mol. The van der Waals surface area contributed by atoms with Crippen molar-refractivity contribution in [2.24, 2.45) is 0 Å². The lowest BCUT2D eigenvalue weighted by atomic mass is 10.1. The first kappa shape index (κ1) is 16.7. The van der Waals surface area contributed by atoms with Crippen LogP contribution in [-0.2, 0) is 11.3 Å². The van der Waals surface area contributed by atoms with Gasteiger partial charge in [0.15, 0.2) is 0 Å². The summed E-state index contributed by atoms with van der Waals surface area (Å²) in [5.74, 6) is 2.40. The topological polar surface area (TPSA) is 32.7 Å². The van der Waals surface area contributed by atoms with Gasteiger partial charge in [-0.05, 0) is 25.5 Å². The Labute approximate surface area is 122 Å². The van der Waals surface area contributed by atoms with E-state index < -0.39 is 6.10 Å². The lowest BCUT2D eigenvalue weighted by Crippen LogP contribution is -2.35. The molecule has 110 valence electrons. The van der Waals surface area contributed by atoms with Crippen LogP contribution in [0.25, 0.3) is 0 Å². The van der Waals surface area contributed by atoms with Crippen molar-refractivity contribution in [1.82, 2.24) is 4.90 Å². The van der Waals surface area contributed by atoms with E-state index in [4.69, 9.17) is 11.2 Å². The van der Waals surface area contributed by atoms with Gasteiger partial charge < -0.3 is 9.84 Å². The number of terminal acetylenes is 1. The normalized spacial score (nSPS) is 12.3. The number of hydrogen-bond donors (Lipinski definition) is 1. The number of hydrogen-bond acceptors (Lipinski definition) is 3. The first-order valence-corrected chi connectivity index (χ1v) is 7.12. The van der Waals surface area contributed by atoms with Crippen molar-refractivity contribution >= 4 is 0 Å². The fourth-order valence-electron chi connectivity index (χ4n) is 2.22. The van der Waals surface area contributed by atoms with Crippen LogP contribution in [-0.4, -0.2) is 42.4 Å². The lowest BCUT2D eigenvalue weighted by Gasteiger charge is -2.24. The van der Waals surface area contributed by atoms with Crippen molar-refractivity contribution in [2.75, 3.05) is 26.3 Å². The number of aliphatic hydroxyl groups excluding tert-OH is 1. The summed E-state index contributed by atoms with van der Waals surface area (Å²) < 4.78 is 5.18. The van der Waals surface area contributed by atoms with Crippen molar-refractivity contribution < 1.29 is 9.84 Å². The highest BCUT2D eigenvalue weighted by Gasteiger charge is 2.12. The van der Waals surface area contributed by atoms with Gasteiger partial charge in [0, 0.05) is 13.1 Å². The Balaban J connectivity index is 2.49. The first-order chi connectivity index (χ1) is 9.65. The van der Waals surface area contributed by atoms with E-state index in [1.165, 1.54) is 11.1 Å². The van der Waals surface area contributed by atoms with E-state index >= 15 is 0 Å². The van der Waals surface area contributed by atoms with Crippen LogP contribution in [0.3, 0.4) is 0 Å². The summed E-state index contributed by atoms with van der Waals surface area (Å²) in [6, 6.07) is 8.47. The molecule has 0 radical (unpaired) electrons. The van der Waals surface area contributed by atoms with Crippen LogP contribution in [0, 0.1) is 19.3 Å². The van der Waals surface area contributed by atoms with Crippen molar-refractivity contribution in [1.29, 1.82) is 0 Å². The summed E-state index contributed by atoms with van der Waals surface area (Å²) in [5, 5.41) is 9.97. The van der Waals surface area contributed by atoms with Crippen molar-refractivity contribution in [3.8, 4) is 12.3 Å². The number of aliphatic hydroxyl groups is 1. The molecule has 1 N–H and O–H groups in total. The zero-order chi connectivity index (χ0) is 14.8. The van der Waals surface area contributed by atoms with Crippen LogP contribution in [0.15, 0.2) is 24.3 Å². The molecule has 0 aliphatic carbocycles. The minimum atomic E-state index is -0.500. The molecule has 0 bridgehead atoms. The number of rotatable bonds is 9. The van der Waals surface area contributed by atoms with E-state index in [1.54, 1.807) is 0 Å². The number of ether oxygens (including phenoxy) is 1. The van der Waals surface area contributed by atoms with E-state index in [1.807, 2.05) is 0 Å². The monoisotopic (exact) mass is 275 g/mol. The molecule has 0 heterocycles. The van der Waals surface area contributed by atoms with Crippen molar-refractivity contribution in [3.63, 3.8) is 0 Å². The van der Waals surface area contributed by atoms with E-state index in [-0.39, 0.29) is 13.2 Å². The van der Waals surface area contributed by atoms with E-state index in [9.17, 15) is 5.11 Å². The highest BCUT2D eigenvalue weighted by molar-refractivity contribution is 5.22. The maximum atomic E-state index is 9.97. The number of nitrogens with zero attached hydrogens (tertiary/aromatic N) is 1. The van der Waals surface area contributed by atoms with Gasteiger partial charge in [-0.25, -0.2) is 0 Å². The van der Waals surface area contributed by atoms with Crippen LogP contribution in [0.1, 0.15) is 24.5 Å². The molecular formula is C17H25NO2.